The second kappa shape index (κ2) is 28.8. The number of hydrogen-bond donors (Lipinski definition) is 1. The quantitative estimate of drug-likeness (QED) is 0.0859. The molecule has 0 aliphatic heterocycles. The molecule has 0 radical (unpaired) electrons. The van der Waals surface area contributed by atoms with Gasteiger partial charge in [0.05, 0.1) is 0 Å². The standard InChI is InChI=1S/C28H53NO5.K/c1-3-5-7-8-9-10-11-12-13-14-15-16-17-18-19-21-27(32)34-28(33)25(22-23-26(30)31)29-24-20-6-4-2;/h25,29H,3-24H2,1-2H3,(H,30,31);/q;+1/p-1/t25-;/m0./s1. The van der Waals surface area contributed by atoms with Crippen LogP contribution in [-0.2, 0) is 19.1 Å². The molecule has 1 atom stereocenters. The summed E-state index contributed by atoms with van der Waals surface area (Å²) in [7, 11) is 0. The maximum atomic E-state index is 12.3. The third-order valence-electron chi connectivity index (χ3n) is 6.29. The summed E-state index contributed by atoms with van der Waals surface area (Å²) in [6, 6.07) is -0.778. The Morgan fingerprint density at radius 3 is 1.54 bits per heavy atom. The molecule has 6 nitrogen and oxygen atoms in total. The van der Waals surface area contributed by atoms with Crippen molar-refractivity contribution >= 4 is 17.9 Å². The summed E-state index contributed by atoms with van der Waals surface area (Å²) < 4.78 is 4.97. The summed E-state index contributed by atoms with van der Waals surface area (Å²) >= 11 is 0. The summed E-state index contributed by atoms with van der Waals surface area (Å²) in [4.78, 5) is 35.0. The van der Waals surface area contributed by atoms with E-state index in [1.54, 1.807) is 0 Å². The van der Waals surface area contributed by atoms with Gasteiger partial charge in [-0.15, -0.1) is 0 Å². The summed E-state index contributed by atoms with van der Waals surface area (Å²) in [5.41, 5.74) is 0. The predicted molar refractivity (Wildman–Crippen MR) is 136 cm³/mol. The first-order chi connectivity index (χ1) is 16.5. The zero-order valence-electron chi connectivity index (χ0n) is 23.2. The van der Waals surface area contributed by atoms with Crippen molar-refractivity contribution in [3.63, 3.8) is 0 Å². The molecule has 0 fully saturated rings. The van der Waals surface area contributed by atoms with Crippen molar-refractivity contribution in [3.8, 4) is 0 Å². The fraction of sp³-hybridized carbons (Fsp3) is 0.893. The van der Waals surface area contributed by atoms with Crippen molar-refractivity contribution < 1.29 is 75.6 Å². The molecule has 0 aliphatic rings. The van der Waals surface area contributed by atoms with Crippen molar-refractivity contribution in [2.24, 2.45) is 0 Å². The Morgan fingerprint density at radius 1 is 0.657 bits per heavy atom. The third-order valence-corrected chi connectivity index (χ3v) is 6.29. The topological polar surface area (TPSA) is 95.5 Å². The molecule has 0 bridgehead atoms. The molecule has 0 amide bonds. The Bertz CT molecular complexity index is 516. The molecular formula is C28H52KNO5. The van der Waals surface area contributed by atoms with Gasteiger partial charge in [-0.05, 0) is 32.2 Å². The number of hydrogen-bond acceptors (Lipinski definition) is 6. The number of rotatable bonds is 25. The number of esters is 2. The van der Waals surface area contributed by atoms with Gasteiger partial charge in [0.1, 0.15) is 6.04 Å². The van der Waals surface area contributed by atoms with Gasteiger partial charge in [0, 0.05) is 12.4 Å². The van der Waals surface area contributed by atoms with E-state index in [0.717, 1.165) is 38.5 Å². The first-order valence-corrected chi connectivity index (χ1v) is 14.2. The van der Waals surface area contributed by atoms with E-state index in [2.05, 4.69) is 19.2 Å². The number of nitrogens with one attached hydrogen (secondary N) is 1. The van der Waals surface area contributed by atoms with E-state index >= 15 is 0 Å². The first-order valence-electron chi connectivity index (χ1n) is 14.2. The second-order valence-corrected chi connectivity index (χ2v) is 9.62. The molecule has 0 aromatic heterocycles. The van der Waals surface area contributed by atoms with Crippen LogP contribution >= 0.6 is 0 Å². The monoisotopic (exact) mass is 521 g/mol. The Hall–Kier alpha value is 0.206. The van der Waals surface area contributed by atoms with Gasteiger partial charge in [0.2, 0.25) is 0 Å². The van der Waals surface area contributed by atoms with Gasteiger partial charge in [-0.1, -0.05) is 117 Å². The third kappa shape index (κ3) is 27.1. The Labute approximate surface area is 257 Å². The van der Waals surface area contributed by atoms with Gasteiger partial charge in [0.15, 0.2) is 0 Å². The maximum absolute atomic E-state index is 12.3. The van der Waals surface area contributed by atoms with E-state index in [1.807, 2.05) is 0 Å². The van der Waals surface area contributed by atoms with E-state index in [9.17, 15) is 19.5 Å². The molecule has 0 aliphatic carbocycles. The van der Waals surface area contributed by atoms with Crippen LogP contribution in [0.3, 0.4) is 0 Å². The van der Waals surface area contributed by atoms with Crippen LogP contribution < -0.4 is 61.8 Å². The normalized spacial score (nSPS) is 11.6. The molecule has 35 heavy (non-hydrogen) atoms. The fourth-order valence-corrected chi connectivity index (χ4v) is 4.09. The van der Waals surface area contributed by atoms with Crippen LogP contribution in [0.5, 0.6) is 0 Å². The molecule has 1 N–H and O–H groups in total. The molecular weight excluding hydrogens is 469 g/mol. The van der Waals surface area contributed by atoms with Crippen molar-refractivity contribution in [2.75, 3.05) is 6.54 Å². The zero-order chi connectivity index (χ0) is 25.3. The number of carbonyl (C=O) groups is 3. The Morgan fingerprint density at radius 2 is 1.09 bits per heavy atom. The van der Waals surface area contributed by atoms with Gasteiger partial charge in [-0.25, -0.2) is 4.79 Å². The van der Waals surface area contributed by atoms with Gasteiger partial charge in [0.25, 0.3) is 0 Å². The van der Waals surface area contributed by atoms with Crippen LogP contribution in [-0.4, -0.2) is 30.5 Å². The van der Waals surface area contributed by atoms with E-state index < -0.39 is 23.9 Å². The van der Waals surface area contributed by atoms with Crippen LogP contribution in [0.1, 0.15) is 149 Å². The predicted octanol–water partition coefficient (Wildman–Crippen LogP) is 3.00. The second-order valence-electron chi connectivity index (χ2n) is 9.62. The zero-order valence-corrected chi connectivity index (χ0v) is 26.3. The average Bonchev–Trinajstić information content (AvgIpc) is 2.80. The van der Waals surface area contributed by atoms with Gasteiger partial charge < -0.3 is 20.0 Å². The first kappa shape index (κ1) is 37.4. The van der Waals surface area contributed by atoms with Crippen LogP contribution in [0.2, 0.25) is 0 Å². The molecule has 7 heteroatoms. The Balaban J connectivity index is 0. The summed E-state index contributed by atoms with van der Waals surface area (Å²) in [5, 5.41) is 13.8. The smallest absolute Gasteiger partial charge is 0.550 e. The molecule has 0 aromatic carbocycles. The molecule has 0 heterocycles. The van der Waals surface area contributed by atoms with Gasteiger partial charge >= 0.3 is 63.3 Å². The van der Waals surface area contributed by atoms with Crippen molar-refractivity contribution in [1.82, 2.24) is 5.32 Å². The molecule has 200 valence electrons. The Kier molecular flexibility index (Phi) is 30.7. The summed E-state index contributed by atoms with van der Waals surface area (Å²) in [5.74, 6) is -2.41. The minimum absolute atomic E-state index is 0. The number of ether oxygens (including phenoxy) is 1. The van der Waals surface area contributed by atoms with Crippen LogP contribution in [0.15, 0.2) is 0 Å². The van der Waals surface area contributed by atoms with E-state index in [4.69, 9.17) is 4.74 Å². The van der Waals surface area contributed by atoms with Crippen LogP contribution in [0.25, 0.3) is 0 Å². The average molecular weight is 522 g/mol. The molecule has 0 saturated carbocycles. The number of carboxylic acids is 1. The summed E-state index contributed by atoms with van der Waals surface area (Å²) in [6.07, 6.45) is 21.9. The minimum atomic E-state index is -1.21. The van der Waals surface area contributed by atoms with E-state index in [1.165, 1.54) is 77.0 Å². The van der Waals surface area contributed by atoms with Gasteiger partial charge in [-0.2, -0.15) is 0 Å². The van der Waals surface area contributed by atoms with E-state index in [-0.39, 0.29) is 70.6 Å². The number of carbonyl (C=O) groups excluding carboxylic acids is 3. The number of carboxylic acid groups (broad SMARTS) is 1. The van der Waals surface area contributed by atoms with E-state index in [0.29, 0.717) is 6.54 Å². The van der Waals surface area contributed by atoms with Crippen molar-refractivity contribution in [3.05, 3.63) is 0 Å². The molecule has 0 rings (SSSR count). The SMILES string of the molecule is CCCCCCCCCCCCCCCCCC(=O)OC(=O)[C@H](CCC(=O)[O-])NCCCCC.[K+]. The van der Waals surface area contributed by atoms with Crippen LogP contribution in [0, 0.1) is 0 Å². The van der Waals surface area contributed by atoms with Crippen LogP contribution in [0.4, 0.5) is 0 Å². The number of aliphatic carboxylic acids is 1. The fourth-order valence-electron chi connectivity index (χ4n) is 4.09. The van der Waals surface area contributed by atoms with Crippen molar-refractivity contribution in [1.29, 1.82) is 0 Å². The summed E-state index contributed by atoms with van der Waals surface area (Å²) in [6.45, 7) is 4.93. The molecule has 0 aromatic rings. The minimum Gasteiger partial charge on any atom is -0.550 e. The maximum Gasteiger partial charge on any atom is 1.00 e. The van der Waals surface area contributed by atoms with Gasteiger partial charge in [-0.3, -0.25) is 4.79 Å². The molecule has 0 saturated heterocycles. The van der Waals surface area contributed by atoms with Crippen molar-refractivity contribution in [2.45, 2.75) is 155 Å². The molecule has 0 spiro atoms. The number of unbranched alkanes of at least 4 members (excludes halogenated alkanes) is 16. The largest absolute Gasteiger partial charge is 1.00 e. The molecule has 0 unspecified atom stereocenters.